The maximum absolute atomic E-state index is 12.8. The van der Waals surface area contributed by atoms with E-state index in [0.29, 0.717) is 19.6 Å². The van der Waals surface area contributed by atoms with Crippen molar-refractivity contribution in [3.05, 3.63) is 53.5 Å². The Morgan fingerprint density at radius 2 is 2.08 bits per heavy atom. The van der Waals surface area contributed by atoms with Gasteiger partial charge in [-0.1, -0.05) is 18.2 Å². The molecule has 0 fully saturated rings. The molecule has 1 aromatic carbocycles. The minimum atomic E-state index is 0.170. The minimum Gasteiger partial charge on any atom is -0.361 e. The van der Waals surface area contributed by atoms with Crippen molar-refractivity contribution in [3.8, 4) is 0 Å². The summed E-state index contributed by atoms with van der Waals surface area (Å²) in [5.74, 6) is 0.170. The van der Waals surface area contributed by atoms with Crippen molar-refractivity contribution in [2.45, 2.75) is 19.9 Å². The van der Waals surface area contributed by atoms with E-state index >= 15 is 0 Å². The number of fused-ring (bicyclic) bond motifs is 1. The molecule has 26 heavy (non-hydrogen) atoms. The van der Waals surface area contributed by atoms with Gasteiger partial charge in [0.15, 0.2) is 6.54 Å². The number of carbonyl (C=O) groups excluding carboxylic acids is 1. The first-order valence-electron chi connectivity index (χ1n) is 9.05. The zero-order chi connectivity index (χ0) is 18.7. The summed E-state index contributed by atoms with van der Waals surface area (Å²) < 4.78 is 1.86. The van der Waals surface area contributed by atoms with Crippen LogP contribution >= 0.6 is 0 Å². The van der Waals surface area contributed by atoms with E-state index < -0.39 is 0 Å². The van der Waals surface area contributed by atoms with Gasteiger partial charge >= 0.3 is 0 Å². The molecule has 6 nitrogen and oxygen atoms in total. The number of H-pyrrole nitrogens is 1. The first-order chi connectivity index (χ1) is 12.4. The van der Waals surface area contributed by atoms with E-state index in [9.17, 15) is 4.79 Å². The van der Waals surface area contributed by atoms with Crippen molar-refractivity contribution >= 4 is 16.8 Å². The van der Waals surface area contributed by atoms with E-state index in [1.807, 2.05) is 43.7 Å². The molecule has 0 spiro atoms. The fourth-order valence-corrected chi connectivity index (χ4v) is 3.31. The summed E-state index contributed by atoms with van der Waals surface area (Å²) in [4.78, 5) is 19.2. The second kappa shape index (κ2) is 7.74. The molecular weight excluding hydrogens is 326 g/mol. The predicted molar refractivity (Wildman–Crippen MR) is 103 cm³/mol. The molecule has 0 saturated carbocycles. The minimum absolute atomic E-state index is 0.170. The third-order valence-corrected chi connectivity index (χ3v) is 4.64. The number of benzene rings is 1. The number of nitrogens with one attached hydrogen (secondary N) is 2. The first-order valence-corrected chi connectivity index (χ1v) is 9.05. The summed E-state index contributed by atoms with van der Waals surface area (Å²) in [6.45, 7) is 3.75. The van der Waals surface area contributed by atoms with Crippen LogP contribution in [0, 0.1) is 6.92 Å². The Labute approximate surface area is 154 Å². The maximum Gasteiger partial charge on any atom is 0.278 e. The number of aryl methyl sites for hydroxylation is 2. The van der Waals surface area contributed by atoms with Gasteiger partial charge in [0.1, 0.15) is 0 Å². The maximum atomic E-state index is 12.8. The molecule has 138 valence electrons. The Kier molecular flexibility index (Phi) is 5.42. The number of aromatic amines is 1. The van der Waals surface area contributed by atoms with Crippen LogP contribution in [0.1, 0.15) is 17.0 Å². The lowest BCUT2D eigenvalue weighted by atomic mass is 10.1. The number of nitrogens with zero attached hydrogens (tertiary/aromatic N) is 3. The van der Waals surface area contributed by atoms with Crippen LogP contribution in [0.15, 0.2) is 36.5 Å². The molecule has 6 heteroatoms. The van der Waals surface area contributed by atoms with Crippen LogP contribution in [0.25, 0.3) is 10.9 Å². The van der Waals surface area contributed by atoms with Crippen molar-refractivity contribution in [2.24, 2.45) is 7.05 Å². The molecule has 0 aliphatic carbocycles. The van der Waals surface area contributed by atoms with Crippen molar-refractivity contribution in [2.75, 3.05) is 27.2 Å². The second-order valence-electron chi connectivity index (χ2n) is 7.21. The normalized spacial score (nSPS) is 11.4. The van der Waals surface area contributed by atoms with Crippen molar-refractivity contribution in [1.29, 1.82) is 0 Å². The van der Waals surface area contributed by atoms with E-state index in [4.69, 9.17) is 0 Å². The molecule has 0 saturated heterocycles. The number of aromatic nitrogens is 3. The number of hydrogen-bond donors (Lipinski definition) is 2. The third-order valence-electron chi connectivity index (χ3n) is 4.64. The lowest BCUT2D eigenvalue weighted by Gasteiger charge is -2.23. The van der Waals surface area contributed by atoms with Gasteiger partial charge in [-0.15, -0.1) is 0 Å². The van der Waals surface area contributed by atoms with Crippen LogP contribution in [-0.4, -0.2) is 52.8 Å². The summed E-state index contributed by atoms with van der Waals surface area (Å²) in [6, 6.07) is 10.3. The molecule has 2 N–H and O–H groups in total. The highest BCUT2D eigenvalue weighted by Crippen LogP contribution is 2.18. The van der Waals surface area contributed by atoms with Crippen LogP contribution in [0.4, 0.5) is 0 Å². The van der Waals surface area contributed by atoms with E-state index in [0.717, 1.165) is 28.2 Å². The zero-order valence-electron chi connectivity index (χ0n) is 16.0. The summed E-state index contributed by atoms with van der Waals surface area (Å²) >= 11 is 0. The fraction of sp³-hybridized carbons (Fsp3) is 0.400. The SMILES string of the molecule is Cc1cc(CN(CCc2c[nH]c3ccccc23)C(=O)C[NH+](C)C)n(C)n1. The molecule has 3 aromatic rings. The van der Waals surface area contributed by atoms with Crippen molar-refractivity contribution in [1.82, 2.24) is 19.7 Å². The summed E-state index contributed by atoms with van der Waals surface area (Å²) in [6.07, 6.45) is 2.88. The number of rotatable bonds is 7. The van der Waals surface area contributed by atoms with Gasteiger partial charge in [0.05, 0.1) is 32.0 Å². The Hall–Kier alpha value is -2.60. The highest BCUT2D eigenvalue weighted by Gasteiger charge is 2.19. The number of carbonyl (C=O) groups is 1. The smallest absolute Gasteiger partial charge is 0.278 e. The summed E-state index contributed by atoms with van der Waals surface area (Å²) in [5, 5.41) is 5.63. The quantitative estimate of drug-likeness (QED) is 0.663. The molecule has 1 amide bonds. The number of quaternary nitrogens is 1. The molecule has 0 aliphatic rings. The largest absolute Gasteiger partial charge is 0.361 e. The van der Waals surface area contributed by atoms with Crippen LogP contribution in [0.5, 0.6) is 0 Å². The Morgan fingerprint density at radius 3 is 2.77 bits per heavy atom. The first kappa shape index (κ1) is 18.2. The topological polar surface area (TPSA) is 58.4 Å². The highest BCUT2D eigenvalue weighted by molar-refractivity contribution is 5.83. The number of amides is 1. The van der Waals surface area contributed by atoms with Crippen LogP contribution in [-0.2, 0) is 24.8 Å². The molecule has 3 rings (SSSR count). The third kappa shape index (κ3) is 4.14. The van der Waals surface area contributed by atoms with Gasteiger partial charge in [0.2, 0.25) is 0 Å². The van der Waals surface area contributed by atoms with Gasteiger partial charge < -0.3 is 14.8 Å². The van der Waals surface area contributed by atoms with Crippen LogP contribution < -0.4 is 4.90 Å². The average molecular weight is 354 g/mol. The van der Waals surface area contributed by atoms with Gasteiger partial charge in [-0.2, -0.15) is 5.10 Å². The molecule has 2 aromatic heterocycles. The summed E-state index contributed by atoms with van der Waals surface area (Å²) in [5.41, 5.74) is 4.42. The molecule has 0 atom stereocenters. The highest BCUT2D eigenvalue weighted by atomic mass is 16.2. The Bertz CT molecular complexity index is 893. The Balaban J connectivity index is 1.76. The molecule has 0 radical (unpaired) electrons. The van der Waals surface area contributed by atoms with E-state index in [-0.39, 0.29) is 5.91 Å². The van der Waals surface area contributed by atoms with E-state index in [1.54, 1.807) is 0 Å². The molecule has 2 heterocycles. The second-order valence-corrected chi connectivity index (χ2v) is 7.21. The van der Waals surface area contributed by atoms with Crippen molar-refractivity contribution < 1.29 is 9.69 Å². The average Bonchev–Trinajstić information content (AvgIpc) is 3.13. The van der Waals surface area contributed by atoms with Crippen LogP contribution in [0.2, 0.25) is 0 Å². The monoisotopic (exact) mass is 354 g/mol. The fourth-order valence-electron chi connectivity index (χ4n) is 3.31. The standard InChI is InChI=1S/C20H27N5O/c1-15-11-17(24(4)22-15)13-25(20(26)14-23(2)3)10-9-16-12-21-19-8-6-5-7-18(16)19/h5-8,11-12,21H,9-10,13-14H2,1-4H3/p+1. The zero-order valence-corrected chi connectivity index (χ0v) is 16.0. The van der Waals surface area contributed by atoms with E-state index in [2.05, 4.69) is 40.5 Å². The molecular formula is C20H28N5O+. The van der Waals surface area contributed by atoms with Gasteiger partial charge in [0, 0.05) is 30.7 Å². The lowest BCUT2D eigenvalue weighted by molar-refractivity contribution is -0.849. The lowest BCUT2D eigenvalue weighted by Crippen LogP contribution is -3.07. The van der Waals surface area contributed by atoms with Crippen molar-refractivity contribution in [3.63, 3.8) is 0 Å². The van der Waals surface area contributed by atoms with Crippen LogP contribution in [0.3, 0.4) is 0 Å². The Morgan fingerprint density at radius 1 is 1.31 bits per heavy atom. The predicted octanol–water partition coefficient (Wildman–Crippen LogP) is 0.926. The molecule has 0 unspecified atom stereocenters. The molecule has 0 aliphatic heterocycles. The number of hydrogen-bond acceptors (Lipinski definition) is 2. The van der Waals surface area contributed by atoms with Gasteiger partial charge in [0.25, 0.3) is 5.91 Å². The number of likely N-dealkylation sites (N-methyl/N-ethyl adjacent to an activating group) is 1. The van der Waals surface area contributed by atoms with Gasteiger partial charge in [-0.25, -0.2) is 0 Å². The van der Waals surface area contributed by atoms with Gasteiger partial charge in [-0.3, -0.25) is 9.48 Å². The number of para-hydroxylation sites is 1. The summed E-state index contributed by atoms with van der Waals surface area (Å²) in [7, 11) is 5.94. The van der Waals surface area contributed by atoms with Gasteiger partial charge in [-0.05, 0) is 31.0 Å². The van der Waals surface area contributed by atoms with E-state index in [1.165, 1.54) is 10.9 Å². The molecule has 0 bridgehead atoms.